The van der Waals surface area contributed by atoms with E-state index in [1.54, 1.807) is 12.3 Å². The molecule has 0 aliphatic heterocycles. The van der Waals surface area contributed by atoms with Gasteiger partial charge in [0, 0.05) is 25.0 Å². The van der Waals surface area contributed by atoms with Gasteiger partial charge in [0.25, 0.3) is 5.91 Å². The predicted molar refractivity (Wildman–Crippen MR) is 66.6 cm³/mol. The summed E-state index contributed by atoms with van der Waals surface area (Å²) < 4.78 is 2.03. The number of aryl methyl sites for hydroxylation is 1. The Hall–Kier alpha value is -2.21. The maximum atomic E-state index is 11.3. The van der Waals surface area contributed by atoms with Crippen LogP contribution in [0.2, 0.25) is 0 Å². The van der Waals surface area contributed by atoms with Gasteiger partial charge in [-0.2, -0.15) is 0 Å². The largest absolute Gasteiger partial charge is 0.329 e. The maximum absolute atomic E-state index is 11.3. The van der Waals surface area contributed by atoms with Gasteiger partial charge >= 0.3 is 0 Å². The molecule has 94 valence electrons. The van der Waals surface area contributed by atoms with Crippen LogP contribution in [0.3, 0.4) is 0 Å². The summed E-state index contributed by atoms with van der Waals surface area (Å²) in [7, 11) is 0. The fourth-order valence-corrected chi connectivity index (χ4v) is 1.71. The third-order valence-electron chi connectivity index (χ3n) is 2.67. The van der Waals surface area contributed by atoms with Gasteiger partial charge in [0.15, 0.2) is 0 Å². The molecule has 3 N–H and O–H groups in total. The summed E-state index contributed by atoms with van der Waals surface area (Å²) in [5, 5.41) is 0. The van der Waals surface area contributed by atoms with Gasteiger partial charge in [0.2, 0.25) is 0 Å². The highest BCUT2D eigenvalue weighted by atomic mass is 16.2. The molecule has 0 aliphatic carbocycles. The molecule has 2 aromatic rings. The molecule has 0 saturated heterocycles. The van der Waals surface area contributed by atoms with Crippen molar-refractivity contribution in [1.29, 1.82) is 0 Å². The molecule has 18 heavy (non-hydrogen) atoms. The molecule has 1 amide bonds. The molecule has 2 aromatic heterocycles. The van der Waals surface area contributed by atoms with Gasteiger partial charge in [0.1, 0.15) is 5.82 Å². The van der Waals surface area contributed by atoms with Crippen molar-refractivity contribution in [2.75, 3.05) is 0 Å². The fourth-order valence-electron chi connectivity index (χ4n) is 1.71. The second-order valence-electron chi connectivity index (χ2n) is 3.84. The van der Waals surface area contributed by atoms with E-state index >= 15 is 0 Å². The summed E-state index contributed by atoms with van der Waals surface area (Å²) in [5.41, 5.74) is 3.39. The lowest BCUT2D eigenvalue weighted by atomic mass is 10.2. The Kier molecular flexibility index (Phi) is 3.69. The molecule has 0 saturated carbocycles. The number of carbonyl (C=O) groups excluding carboxylic acids is 1. The molecule has 0 aliphatic rings. The van der Waals surface area contributed by atoms with E-state index in [0.29, 0.717) is 12.1 Å². The molecule has 0 bridgehead atoms. The second-order valence-corrected chi connectivity index (χ2v) is 3.84. The second kappa shape index (κ2) is 5.42. The van der Waals surface area contributed by atoms with E-state index in [2.05, 4.69) is 22.3 Å². The SMILES string of the molecule is CCc1nccn1Cc1ccc(C(=O)NN)cn1. The average Bonchev–Trinajstić information content (AvgIpc) is 2.86. The van der Waals surface area contributed by atoms with Crippen molar-refractivity contribution in [3.63, 3.8) is 0 Å². The Morgan fingerprint density at radius 2 is 2.28 bits per heavy atom. The van der Waals surface area contributed by atoms with Crippen LogP contribution in [0.15, 0.2) is 30.7 Å². The van der Waals surface area contributed by atoms with Crippen LogP contribution in [0.4, 0.5) is 0 Å². The summed E-state index contributed by atoms with van der Waals surface area (Å²) in [5.74, 6) is 5.72. The van der Waals surface area contributed by atoms with Crippen LogP contribution in [-0.4, -0.2) is 20.4 Å². The van der Waals surface area contributed by atoms with E-state index in [0.717, 1.165) is 17.9 Å². The molecular formula is C12H15N5O. The van der Waals surface area contributed by atoms with Crippen LogP contribution in [0.5, 0.6) is 0 Å². The van der Waals surface area contributed by atoms with Crippen LogP contribution in [0, 0.1) is 0 Å². The van der Waals surface area contributed by atoms with Crippen LogP contribution in [0.1, 0.15) is 28.8 Å². The summed E-state index contributed by atoms with van der Waals surface area (Å²) in [6, 6.07) is 3.51. The van der Waals surface area contributed by atoms with E-state index in [1.165, 1.54) is 6.20 Å². The fraction of sp³-hybridized carbons (Fsp3) is 0.250. The minimum Gasteiger partial charge on any atom is -0.329 e. The number of pyridine rings is 1. The predicted octanol–water partition coefficient (Wildman–Crippen LogP) is 0.492. The number of nitrogens with zero attached hydrogens (tertiary/aromatic N) is 3. The average molecular weight is 245 g/mol. The molecule has 0 fully saturated rings. The number of hydrazine groups is 1. The number of nitrogens with two attached hydrogens (primary N) is 1. The number of amides is 1. The zero-order chi connectivity index (χ0) is 13.0. The lowest BCUT2D eigenvalue weighted by molar-refractivity contribution is 0.0953. The highest BCUT2D eigenvalue weighted by Gasteiger charge is 2.05. The molecule has 0 unspecified atom stereocenters. The van der Waals surface area contributed by atoms with Crippen molar-refractivity contribution in [3.05, 3.63) is 47.8 Å². The molecule has 6 heteroatoms. The van der Waals surface area contributed by atoms with E-state index in [4.69, 9.17) is 5.84 Å². The van der Waals surface area contributed by atoms with Gasteiger partial charge in [-0.05, 0) is 12.1 Å². The number of hydrogen-bond donors (Lipinski definition) is 2. The topological polar surface area (TPSA) is 85.8 Å². The van der Waals surface area contributed by atoms with Gasteiger partial charge in [-0.1, -0.05) is 6.92 Å². The first-order valence-electron chi connectivity index (χ1n) is 5.70. The third-order valence-corrected chi connectivity index (χ3v) is 2.67. The normalized spacial score (nSPS) is 10.3. The first-order valence-corrected chi connectivity index (χ1v) is 5.70. The van der Waals surface area contributed by atoms with Crippen molar-refractivity contribution in [1.82, 2.24) is 20.0 Å². The highest BCUT2D eigenvalue weighted by molar-refractivity contribution is 5.93. The first-order chi connectivity index (χ1) is 8.74. The lowest BCUT2D eigenvalue weighted by Gasteiger charge is -2.06. The smallest absolute Gasteiger partial charge is 0.266 e. The Morgan fingerprint density at radius 3 is 2.89 bits per heavy atom. The lowest BCUT2D eigenvalue weighted by Crippen LogP contribution is -2.30. The molecule has 2 rings (SSSR count). The van der Waals surface area contributed by atoms with Gasteiger partial charge in [-0.15, -0.1) is 0 Å². The summed E-state index contributed by atoms with van der Waals surface area (Å²) in [6.45, 7) is 2.70. The molecule has 0 atom stereocenters. The zero-order valence-electron chi connectivity index (χ0n) is 10.1. The van der Waals surface area contributed by atoms with Crippen molar-refractivity contribution < 1.29 is 4.79 Å². The number of nitrogens with one attached hydrogen (secondary N) is 1. The van der Waals surface area contributed by atoms with Crippen molar-refractivity contribution >= 4 is 5.91 Å². The first kappa shape index (κ1) is 12.3. The molecule has 0 aromatic carbocycles. The van der Waals surface area contributed by atoms with Gasteiger partial charge in [-0.3, -0.25) is 15.2 Å². The van der Waals surface area contributed by atoms with E-state index in [9.17, 15) is 4.79 Å². The number of rotatable bonds is 4. The van der Waals surface area contributed by atoms with Crippen molar-refractivity contribution in [2.24, 2.45) is 5.84 Å². The van der Waals surface area contributed by atoms with Gasteiger partial charge < -0.3 is 4.57 Å². The van der Waals surface area contributed by atoms with Gasteiger partial charge in [0.05, 0.1) is 17.8 Å². The third kappa shape index (κ3) is 2.54. The maximum Gasteiger partial charge on any atom is 0.266 e. The van der Waals surface area contributed by atoms with E-state index < -0.39 is 0 Å². The molecular weight excluding hydrogens is 230 g/mol. The van der Waals surface area contributed by atoms with Crippen LogP contribution < -0.4 is 11.3 Å². The number of aromatic nitrogens is 3. The monoisotopic (exact) mass is 245 g/mol. The summed E-state index contributed by atoms with van der Waals surface area (Å²) in [6.07, 6.45) is 6.08. The van der Waals surface area contributed by atoms with Crippen LogP contribution in [-0.2, 0) is 13.0 Å². The number of hydrogen-bond acceptors (Lipinski definition) is 4. The zero-order valence-corrected chi connectivity index (χ0v) is 10.1. The van der Waals surface area contributed by atoms with E-state index in [-0.39, 0.29) is 5.91 Å². The number of imidazole rings is 1. The molecule has 0 spiro atoms. The number of carbonyl (C=O) groups is 1. The Balaban J connectivity index is 2.13. The quantitative estimate of drug-likeness (QED) is 0.466. The van der Waals surface area contributed by atoms with Gasteiger partial charge in [-0.25, -0.2) is 10.8 Å². The van der Waals surface area contributed by atoms with Crippen LogP contribution in [0.25, 0.3) is 0 Å². The minimum atomic E-state index is -0.342. The molecule has 6 nitrogen and oxygen atoms in total. The molecule has 0 radical (unpaired) electrons. The van der Waals surface area contributed by atoms with Crippen LogP contribution >= 0.6 is 0 Å². The van der Waals surface area contributed by atoms with Crippen molar-refractivity contribution in [2.45, 2.75) is 19.9 Å². The van der Waals surface area contributed by atoms with Crippen molar-refractivity contribution in [3.8, 4) is 0 Å². The Morgan fingerprint density at radius 1 is 1.44 bits per heavy atom. The Bertz CT molecular complexity index is 532. The summed E-state index contributed by atoms with van der Waals surface area (Å²) >= 11 is 0. The van der Waals surface area contributed by atoms with E-state index in [1.807, 2.05) is 16.8 Å². The molecule has 2 heterocycles. The standard InChI is InChI=1S/C12H15N5O/c1-2-11-14-5-6-17(11)8-10-4-3-9(7-15-10)12(18)16-13/h3-7H,2,8,13H2,1H3,(H,16,18). The number of nitrogen functional groups attached to an aromatic ring is 1. The summed E-state index contributed by atoms with van der Waals surface area (Å²) in [4.78, 5) is 19.7. The minimum absolute atomic E-state index is 0.342. The highest BCUT2D eigenvalue weighted by Crippen LogP contribution is 2.05. The Labute approximate surface area is 105 Å².